The second-order valence-electron chi connectivity index (χ2n) is 7.50. The monoisotopic (exact) mass is 395 g/mol. The third-order valence-electron chi connectivity index (χ3n) is 5.21. The Hall–Kier alpha value is -2.93. The Balaban J connectivity index is 1.64. The average molecular weight is 395 g/mol. The number of nitrogens with zero attached hydrogens (tertiary/aromatic N) is 3. The molecule has 1 aliphatic heterocycles. The molecular weight excluding hydrogens is 369 g/mol. The molecule has 0 amide bonds. The fourth-order valence-electron chi connectivity index (χ4n) is 3.77. The lowest BCUT2D eigenvalue weighted by Crippen LogP contribution is -2.43. The highest BCUT2D eigenvalue weighted by Crippen LogP contribution is 2.33. The molecule has 6 nitrogen and oxygen atoms in total. The molecule has 3 aromatic rings. The summed E-state index contributed by atoms with van der Waals surface area (Å²) in [7, 11) is 1.66. The molecular formula is C22H26FN5O. The molecule has 2 N–H and O–H groups in total. The number of nitrogens with one attached hydrogen (secondary N) is 2. The van der Waals surface area contributed by atoms with Crippen molar-refractivity contribution in [3.05, 3.63) is 47.9 Å². The number of ether oxygens (including phenoxy) is 1. The van der Waals surface area contributed by atoms with Crippen LogP contribution in [0, 0.1) is 5.82 Å². The fraction of sp³-hybridized carbons (Fsp3) is 0.364. The van der Waals surface area contributed by atoms with Crippen molar-refractivity contribution >= 4 is 28.2 Å². The number of methoxy groups -OCH3 is 1. The Kier molecular flexibility index (Phi) is 5.49. The predicted octanol–water partition coefficient (Wildman–Crippen LogP) is 4.05. The molecule has 1 aromatic heterocycles. The number of aromatic nitrogens is 2. The van der Waals surface area contributed by atoms with Gasteiger partial charge >= 0.3 is 0 Å². The first-order chi connectivity index (χ1) is 14.1. The number of benzene rings is 2. The van der Waals surface area contributed by atoms with E-state index < -0.39 is 0 Å². The van der Waals surface area contributed by atoms with Gasteiger partial charge in [-0.2, -0.15) is 0 Å². The number of piperazine rings is 1. The van der Waals surface area contributed by atoms with E-state index in [1.165, 1.54) is 6.07 Å². The van der Waals surface area contributed by atoms with E-state index in [1.54, 1.807) is 13.3 Å². The van der Waals surface area contributed by atoms with Crippen LogP contribution in [0.1, 0.15) is 25.3 Å². The summed E-state index contributed by atoms with van der Waals surface area (Å²) in [5.74, 6) is 1.24. The summed E-state index contributed by atoms with van der Waals surface area (Å²) < 4.78 is 20.2. The van der Waals surface area contributed by atoms with E-state index in [9.17, 15) is 4.39 Å². The quantitative estimate of drug-likeness (QED) is 0.680. The average Bonchev–Trinajstić information content (AvgIpc) is 2.73. The van der Waals surface area contributed by atoms with Crippen molar-refractivity contribution in [2.45, 2.75) is 19.8 Å². The zero-order chi connectivity index (χ0) is 20.4. The Morgan fingerprint density at radius 2 is 1.97 bits per heavy atom. The minimum atomic E-state index is -0.248. The van der Waals surface area contributed by atoms with E-state index in [4.69, 9.17) is 9.72 Å². The molecule has 2 aromatic carbocycles. The van der Waals surface area contributed by atoms with Crippen molar-refractivity contribution in [3.63, 3.8) is 0 Å². The van der Waals surface area contributed by atoms with Crippen molar-refractivity contribution in [1.82, 2.24) is 15.3 Å². The maximum Gasteiger partial charge on any atom is 0.227 e. The largest absolute Gasteiger partial charge is 0.496 e. The molecule has 1 fully saturated rings. The van der Waals surface area contributed by atoms with Crippen LogP contribution in [0.15, 0.2) is 36.5 Å². The molecule has 0 radical (unpaired) electrons. The van der Waals surface area contributed by atoms with Gasteiger partial charge in [0.05, 0.1) is 18.3 Å². The Morgan fingerprint density at radius 1 is 1.17 bits per heavy atom. The topological polar surface area (TPSA) is 62.3 Å². The molecule has 0 aliphatic carbocycles. The zero-order valence-corrected chi connectivity index (χ0v) is 17.0. The van der Waals surface area contributed by atoms with Gasteiger partial charge in [-0.05, 0) is 36.2 Å². The van der Waals surface area contributed by atoms with E-state index in [-0.39, 0.29) is 11.7 Å². The molecule has 0 unspecified atom stereocenters. The number of anilines is 3. The van der Waals surface area contributed by atoms with E-state index in [0.29, 0.717) is 17.3 Å². The Morgan fingerprint density at radius 3 is 2.66 bits per heavy atom. The van der Waals surface area contributed by atoms with Crippen LogP contribution in [0.25, 0.3) is 10.9 Å². The fourth-order valence-corrected chi connectivity index (χ4v) is 3.77. The van der Waals surface area contributed by atoms with Crippen molar-refractivity contribution in [1.29, 1.82) is 0 Å². The van der Waals surface area contributed by atoms with E-state index in [0.717, 1.165) is 48.4 Å². The SMILES string of the molecule is COc1ccc2cnc(Nc3ccc(N4CCNCC4)c(F)c3)nc2c1C(C)C. The summed E-state index contributed by atoms with van der Waals surface area (Å²) in [6.07, 6.45) is 1.78. The molecule has 152 valence electrons. The minimum Gasteiger partial charge on any atom is -0.496 e. The lowest BCUT2D eigenvalue weighted by atomic mass is 9.99. The van der Waals surface area contributed by atoms with Crippen molar-refractivity contribution in [2.75, 3.05) is 43.5 Å². The summed E-state index contributed by atoms with van der Waals surface area (Å²) in [5, 5.41) is 7.36. The first-order valence-corrected chi connectivity index (χ1v) is 9.92. The van der Waals surface area contributed by atoms with Crippen LogP contribution in [0.3, 0.4) is 0 Å². The van der Waals surface area contributed by atoms with Crippen LogP contribution in [0.5, 0.6) is 5.75 Å². The second kappa shape index (κ2) is 8.21. The Labute approximate surface area is 170 Å². The predicted molar refractivity (Wildman–Crippen MR) is 115 cm³/mol. The number of fused-ring (bicyclic) bond motifs is 1. The van der Waals surface area contributed by atoms with Crippen LogP contribution in [-0.2, 0) is 0 Å². The van der Waals surface area contributed by atoms with Crippen LogP contribution < -0.4 is 20.3 Å². The molecule has 0 atom stereocenters. The van der Waals surface area contributed by atoms with Crippen molar-refractivity contribution in [2.24, 2.45) is 0 Å². The van der Waals surface area contributed by atoms with Gasteiger partial charge in [-0.1, -0.05) is 13.8 Å². The molecule has 1 saturated heterocycles. The van der Waals surface area contributed by atoms with Crippen LogP contribution >= 0.6 is 0 Å². The van der Waals surface area contributed by atoms with Gasteiger partial charge in [-0.25, -0.2) is 14.4 Å². The normalized spacial score (nSPS) is 14.4. The lowest BCUT2D eigenvalue weighted by molar-refractivity contribution is 0.408. The smallest absolute Gasteiger partial charge is 0.227 e. The van der Waals surface area contributed by atoms with Gasteiger partial charge in [-0.3, -0.25) is 0 Å². The summed E-state index contributed by atoms with van der Waals surface area (Å²) in [4.78, 5) is 11.2. The number of hydrogen-bond acceptors (Lipinski definition) is 6. The molecule has 29 heavy (non-hydrogen) atoms. The van der Waals surface area contributed by atoms with Gasteiger partial charge in [0.25, 0.3) is 0 Å². The number of rotatable bonds is 5. The molecule has 7 heteroatoms. The summed E-state index contributed by atoms with van der Waals surface area (Å²) in [5.41, 5.74) is 3.13. The lowest BCUT2D eigenvalue weighted by Gasteiger charge is -2.29. The highest BCUT2D eigenvalue weighted by Gasteiger charge is 2.16. The number of hydrogen-bond donors (Lipinski definition) is 2. The highest BCUT2D eigenvalue weighted by atomic mass is 19.1. The zero-order valence-electron chi connectivity index (χ0n) is 17.0. The van der Waals surface area contributed by atoms with Gasteiger partial charge < -0.3 is 20.3 Å². The maximum atomic E-state index is 14.7. The van der Waals surface area contributed by atoms with E-state index in [1.807, 2.05) is 24.3 Å². The second-order valence-corrected chi connectivity index (χ2v) is 7.50. The maximum absolute atomic E-state index is 14.7. The Bertz CT molecular complexity index is 1020. The van der Waals surface area contributed by atoms with Crippen LogP contribution in [-0.4, -0.2) is 43.3 Å². The van der Waals surface area contributed by atoms with Crippen molar-refractivity contribution < 1.29 is 9.13 Å². The molecule has 4 rings (SSSR count). The summed E-state index contributed by atoms with van der Waals surface area (Å²) >= 11 is 0. The third kappa shape index (κ3) is 3.96. The van der Waals surface area contributed by atoms with Crippen molar-refractivity contribution in [3.8, 4) is 5.75 Å². The molecule has 0 spiro atoms. The van der Waals surface area contributed by atoms with Gasteiger partial charge in [0.2, 0.25) is 5.95 Å². The highest BCUT2D eigenvalue weighted by molar-refractivity contribution is 5.85. The molecule has 1 aliphatic rings. The molecule has 2 heterocycles. The number of halogens is 1. The standard InChI is InChI=1S/C22H26FN5O/c1-14(2)20-19(29-3)7-4-15-13-25-22(27-21(15)20)26-16-5-6-18(17(23)12-16)28-10-8-24-9-11-28/h4-7,12-14,24H,8-11H2,1-3H3,(H,25,26,27). The van der Waals surface area contributed by atoms with Crippen LogP contribution in [0.2, 0.25) is 0 Å². The van der Waals surface area contributed by atoms with Crippen LogP contribution in [0.4, 0.5) is 21.7 Å². The third-order valence-corrected chi connectivity index (χ3v) is 5.21. The minimum absolute atomic E-state index is 0.243. The van der Waals surface area contributed by atoms with E-state index >= 15 is 0 Å². The summed E-state index contributed by atoms with van der Waals surface area (Å²) in [6, 6.07) is 9.07. The summed E-state index contributed by atoms with van der Waals surface area (Å²) in [6.45, 7) is 7.56. The van der Waals surface area contributed by atoms with Gasteiger partial charge in [0, 0.05) is 49.0 Å². The molecule has 0 saturated carbocycles. The van der Waals surface area contributed by atoms with Gasteiger partial charge in [-0.15, -0.1) is 0 Å². The van der Waals surface area contributed by atoms with Gasteiger partial charge in [0.15, 0.2) is 0 Å². The first kappa shape index (κ1) is 19.4. The van der Waals surface area contributed by atoms with E-state index in [2.05, 4.69) is 34.4 Å². The molecule has 0 bridgehead atoms. The first-order valence-electron chi connectivity index (χ1n) is 9.92. The van der Waals surface area contributed by atoms with Gasteiger partial charge in [0.1, 0.15) is 11.6 Å².